The Morgan fingerprint density at radius 3 is 2.24 bits per heavy atom. The van der Waals surface area contributed by atoms with Crippen molar-refractivity contribution in [1.82, 2.24) is 4.90 Å². The predicted molar refractivity (Wildman–Crippen MR) is 81.6 cm³/mol. The maximum Gasteiger partial charge on any atom is 0.303 e. The normalized spacial score (nSPS) is 15.8. The van der Waals surface area contributed by atoms with Crippen LogP contribution in [0.4, 0.5) is 5.69 Å². The van der Waals surface area contributed by atoms with Crippen molar-refractivity contribution in [2.24, 2.45) is 5.92 Å². The lowest BCUT2D eigenvalue weighted by molar-refractivity contribution is -0.138. The minimum Gasteiger partial charge on any atom is -0.481 e. The molecule has 0 aliphatic carbocycles. The average Bonchev–Trinajstić information content (AvgIpc) is 2.47. The number of likely N-dealkylation sites (tertiary alicyclic amines) is 1. The van der Waals surface area contributed by atoms with Gasteiger partial charge in [0.05, 0.1) is 0 Å². The number of amides is 1. The van der Waals surface area contributed by atoms with Gasteiger partial charge in [-0.05, 0) is 43.0 Å². The number of hydrogen-bond donors (Lipinski definition) is 1. The van der Waals surface area contributed by atoms with Gasteiger partial charge in [0.1, 0.15) is 0 Å². The van der Waals surface area contributed by atoms with Crippen LogP contribution < -0.4 is 4.90 Å². The van der Waals surface area contributed by atoms with Crippen molar-refractivity contribution in [2.75, 3.05) is 32.1 Å². The first kappa shape index (κ1) is 15.4. The molecule has 1 aromatic rings. The van der Waals surface area contributed by atoms with Gasteiger partial charge in [0, 0.05) is 44.9 Å². The first-order valence-electron chi connectivity index (χ1n) is 7.26. The van der Waals surface area contributed by atoms with E-state index in [4.69, 9.17) is 5.11 Å². The molecule has 0 radical (unpaired) electrons. The van der Waals surface area contributed by atoms with Gasteiger partial charge in [0.2, 0.25) is 0 Å². The van der Waals surface area contributed by atoms with E-state index in [1.165, 1.54) is 0 Å². The van der Waals surface area contributed by atoms with E-state index >= 15 is 0 Å². The fourth-order valence-electron chi connectivity index (χ4n) is 2.67. The second-order valence-electron chi connectivity index (χ2n) is 5.77. The van der Waals surface area contributed by atoms with Gasteiger partial charge in [0.15, 0.2) is 0 Å². The first-order valence-corrected chi connectivity index (χ1v) is 7.26. The molecule has 1 aromatic carbocycles. The molecule has 0 unspecified atom stereocenters. The van der Waals surface area contributed by atoms with Crippen molar-refractivity contribution >= 4 is 17.6 Å². The Balaban J connectivity index is 1.94. The second kappa shape index (κ2) is 6.61. The molecule has 5 nitrogen and oxygen atoms in total. The van der Waals surface area contributed by atoms with Gasteiger partial charge >= 0.3 is 5.97 Å². The standard InChI is InChI=1S/C16H22N2O3/c1-17(2)14-5-3-13(4-6-14)16(21)18-9-7-12(8-10-18)11-15(19)20/h3-6,12H,7-11H2,1-2H3,(H,19,20). The van der Waals surface area contributed by atoms with E-state index in [-0.39, 0.29) is 18.2 Å². The summed E-state index contributed by atoms with van der Waals surface area (Å²) < 4.78 is 0. The molecule has 1 heterocycles. The van der Waals surface area contributed by atoms with Crippen molar-refractivity contribution in [3.63, 3.8) is 0 Å². The molecule has 0 bridgehead atoms. The Morgan fingerprint density at radius 2 is 1.76 bits per heavy atom. The van der Waals surface area contributed by atoms with Crippen LogP contribution in [0.1, 0.15) is 29.6 Å². The van der Waals surface area contributed by atoms with Gasteiger partial charge in [-0.25, -0.2) is 0 Å². The maximum atomic E-state index is 12.4. The van der Waals surface area contributed by atoms with E-state index < -0.39 is 5.97 Å². The molecule has 1 aliphatic heterocycles. The molecule has 5 heteroatoms. The fourth-order valence-corrected chi connectivity index (χ4v) is 2.67. The number of hydrogen-bond acceptors (Lipinski definition) is 3. The lowest BCUT2D eigenvalue weighted by Crippen LogP contribution is -2.38. The summed E-state index contributed by atoms with van der Waals surface area (Å²) in [7, 11) is 3.92. The van der Waals surface area contributed by atoms with Crippen molar-refractivity contribution < 1.29 is 14.7 Å². The number of carboxylic acid groups (broad SMARTS) is 1. The molecule has 0 aromatic heterocycles. The van der Waals surface area contributed by atoms with Gasteiger partial charge < -0.3 is 14.9 Å². The highest BCUT2D eigenvalue weighted by Crippen LogP contribution is 2.22. The van der Waals surface area contributed by atoms with Crippen LogP contribution in [0.25, 0.3) is 0 Å². The molecule has 0 saturated carbocycles. The second-order valence-corrected chi connectivity index (χ2v) is 5.77. The SMILES string of the molecule is CN(C)c1ccc(C(=O)N2CCC(CC(=O)O)CC2)cc1. The largest absolute Gasteiger partial charge is 0.481 e. The van der Waals surface area contributed by atoms with Crippen LogP contribution in [0.15, 0.2) is 24.3 Å². The number of rotatable bonds is 4. The highest BCUT2D eigenvalue weighted by atomic mass is 16.4. The average molecular weight is 290 g/mol. The minimum absolute atomic E-state index is 0.0362. The molecule has 114 valence electrons. The van der Waals surface area contributed by atoms with Crippen molar-refractivity contribution in [3.8, 4) is 0 Å². The fraction of sp³-hybridized carbons (Fsp3) is 0.500. The van der Waals surface area contributed by atoms with Crippen LogP contribution in [0, 0.1) is 5.92 Å². The smallest absolute Gasteiger partial charge is 0.303 e. The summed E-state index contributed by atoms with van der Waals surface area (Å²) in [6.45, 7) is 1.29. The van der Waals surface area contributed by atoms with Gasteiger partial charge in [-0.2, -0.15) is 0 Å². The number of benzene rings is 1. The van der Waals surface area contributed by atoms with Crippen molar-refractivity contribution in [3.05, 3.63) is 29.8 Å². The van der Waals surface area contributed by atoms with Crippen LogP contribution in [-0.4, -0.2) is 49.1 Å². The lowest BCUT2D eigenvalue weighted by Gasteiger charge is -2.31. The van der Waals surface area contributed by atoms with E-state index in [1.807, 2.05) is 48.2 Å². The molecule has 1 aliphatic rings. The molecule has 21 heavy (non-hydrogen) atoms. The predicted octanol–water partition coefficient (Wildman–Crippen LogP) is 2.08. The zero-order valence-corrected chi connectivity index (χ0v) is 12.6. The maximum absolute atomic E-state index is 12.4. The highest BCUT2D eigenvalue weighted by molar-refractivity contribution is 5.94. The van der Waals surface area contributed by atoms with E-state index in [2.05, 4.69) is 0 Å². The third-order valence-electron chi connectivity index (χ3n) is 4.00. The summed E-state index contributed by atoms with van der Waals surface area (Å²) in [5.74, 6) is -0.518. The van der Waals surface area contributed by atoms with E-state index in [1.54, 1.807) is 0 Å². The van der Waals surface area contributed by atoms with Gasteiger partial charge in [0.25, 0.3) is 5.91 Å². The first-order chi connectivity index (χ1) is 9.97. The summed E-state index contributed by atoms with van der Waals surface area (Å²) in [6, 6.07) is 7.57. The number of carbonyl (C=O) groups is 2. The van der Waals surface area contributed by atoms with Crippen LogP contribution in [-0.2, 0) is 4.79 Å². The molecule has 0 spiro atoms. The van der Waals surface area contributed by atoms with Crippen LogP contribution in [0.3, 0.4) is 0 Å². The third kappa shape index (κ3) is 3.97. The summed E-state index contributed by atoms with van der Waals surface area (Å²) >= 11 is 0. The Labute approximate surface area is 125 Å². The molecule has 1 N–H and O–H groups in total. The van der Waals surface area contributed by atoms with E-state index in [0.29, 0.717) is 18.7 Å². The summed E-state index contributed by atoms with van der Waals surface area (Å²) in [5.41, 5.74) is 1.75. The summed E-state index contributed by atoms with van der Waals surface area (Å²) in [6.07, 6.45) is 1.75. The Bertz CT molecular complexity index is 503. The molecule has 0 atom stereocenters. The lowest BCUT2D eigenvalue weighted by atomic mass is 9.93. The summed E-state index contributed by atoms with van der Waals surface area (Å²) in [5, 5.41) is 8.81. The van der Waals surface area contributed by atoms with Crippen LogP contribution in [0.2, 0.25) is 0 Å². The minimum atomic E-state index is -0.751. The van der Waals surface area contributed by atoms with Crippen LogP contribution >= 0.6 is 0 Å². The Hall–Kier alpha value is -2.04. The highest BCUT2D eigenvalue weighted by Gasteiger charge is 2.24. The van der Waals surface area contributed by atoms with Gasteiger partial charge in [-0.3, -0.25) is 9.59 Å². The number of carboxylic acids is 1. The van der Waals surface area contributed by atoms with Crippen LogP contribution in [0.5, 0.6) is 0 Å². The molecular formula is C16H22N2O3. The third-order valence-corrected chi connectivity index (χ3v) is 4.00. The van der Waals surface area contributed by atoms with E-state index in [0.717, 1.165) is 18.5 Å². The Kier molecular flexibility index (Phi) is 4.83. The van der Waals surface area contributed by atoms with Crippen molar-refractivity contribution in [2.45, 2.75) is 19.3 Å². The Morgan fingerprint density at radius 1 is 1.19 bits per heavy atom. The van der Waals surface area contributed by atoms with E-state index in [9.17, 15) is 9.59 Å². The monoisotopic (exact) mass is 290 g/mol. The zero-order chi connectivity index (χ0) is 15.4. The number of nitrogens with zero attached hydrogens (tertiary/aromatic N) is 2. The quantitative estimate of drug-likeness (QED) is 0.922. The zero-order valence-electron chi connectivity index (χ0n) is 12.6. The topological polar surface area (TPSA) is 60.9 Å². The molecule has 2 rings (SSSR count). The molecular weight excluding hydrogens is 268 g/mol. The molecule has 1 amide bonds. The number of carbonyl (C=O) groups excluding carboxylic acids is 1. The van der Waals surface area contributed by atoms with Crippen molar-refractivity contribution in [1.29, 1.82) is 0 Å². The number of anilines is 1. The van der Waals surface area contributed by atoms with Gasteiger partial charge in [-0.15, -0.1) is 0 Å². The number of aliphatic carboxylic acids is 1. The van der Waals surface area contributed by atoms with Gasteiger partial charge in [-0.1, -0.05) is 0 Å². The summed E-state index contributed by atoms with van der Waals surface area (Å²) in [4.78, 5) is 26.9. The molecule has 1 saturated heterocycles. The molecule has 1 fully saturated rings. The number of piperidine rings is 1.